The van der Waals surface area contributed by atoms with E-state index < -0.39 is 45.5 Å². The van der Waals surface area contributed by atoms with Crippen molar-refractivity contribution in [3.63, 3.8) is 0 Å². The van der Waals surface area contributed by atoms with E-state index in [2.05, 4.69) is 0 Å². The summed E-state index contributed by atoms with van der Waals surface area (Å²) in [6.45, 7) is 7.69. The molecule has 0 spiro atoms. The van der Waals surface area contributed by atoms with E-state index in [0.717, 1.165) is 0 Å². The van der Waals surface area contributed by atoms with Crippen molar-refractivity contribution < 1.29 is 34.1 Å². The lowest BCUT2D eigenvalue weighted by Gasteiger charge is -2.52. The zero-order chi connectivity index (χ0) is 27.0. The topological polar surface area (TPSA) is 118 Å². The fourth-order valence-electron chi connectivity index (χ4n) is 6.73. The summed E-state index contributed by atoms with van der Waals surface area (Å²) in [5, 5.41) is 24.5. The molecule has 1 saturated heterocycles. The van der Waals surface area contributed by atoms with Gasteiger partial charge in [0.2, 0.25) is 23.1 Å². The number of ether oxygens (including phenoxy) is 1. The zero-order valence-corrected chi connectivity index (χ0v) is 21.5. The van der Waals surface area contributed by atoms with Crippen molar-refractivity contribution in [2.45, 2.75) is 65.0 Å². The summed E-state index contributed by atoms with van der Waals surface area (Å²) in [4.78, 5) is 57.3. The van der Waals surface area contributed by atoms with Gasteiger partial charge in [-0.25, -0.2) is 0 Å². The lowest BCUT2D eigenvalue weighted by Crippen LogP contribution is -2.69. The van der Waals surface area contributed by atoms with Crippen molar-refractivity contribution in [1.29, 1.82) is 0 Å². The molecule has 2 aromatic carbocycles. The Morgan fingerprint density at radius 3 is 1.19 bits per heavy atom. The van der Waals surface area contributed by atoms with Crippen LogP contribution in [0.4, 0.5) is 0 Å². The molecule has 2 aliphatic carbocycles. The summed E-state index contributed by atoms with van der Waals surface area (Å²) in [7, 11) is 0. The Bertz CT molecular complexity index is 1240. The Labute approximate surface area is 215 Å². The fraction of sp³-hybridized carbons (Fsp3) is 0.467. The molecule has 1 fully saturated rings. The molecule has 7 nitrogen and oxygen atoms in total. The zero-order valence-electron chi connectivity index (χ0n) is 21.5. The molecule has 0 radical (unpaired) electrons. The van der Waals surface area contributed by atoms with E-state index >= 15 is 0 Å². The van der Waals surface area contributed by atoms with Crippen LogP contribution in [0.1, 0.15) is 94.8 Å². The molecular formula is C30H32O7. The van der Waals surface area contributed by atoms with Gasteiger partial charge in [0.25, 0.3) is 0 Å². The van der Waals surface area contributed by atoms with Gasteiger partial charge in [-0.2, -0.15) is 0 Å². The predicted molar refractivity (Wildman–Crippen MR) is 134 cm³/mol. The van der Waals surface area contributed by atoms with E-state index in [4.69, 9.17) is 4.74 Å². The van der Waals surface area contributed by atoms with Gasteiger partial charge < -0.3 is 14.9 Å². The van der Waals surface area contributed by atoms with Crippen LogP contribution in [-0.2, 0) is 4.74 Å². The van der Waals surface area contributed by atoms with Crippen LogP contribution in [0.15, 0.2) is 48.5 Å². The van der Waals surface area contributed by atoms with Crippen LogP contribution < -0.4 is 0 Å². The summed E-state index contributed by atoms with van der Waals surface area (Å²) in [6.07, 6.45) is 0.439. The Morgan fingerprint density at radius 2 is 0.892 bits per heavy atom. The second-order valence-corrected chi connectivity index (χ2v) is 11.5. The highest BCUT2D eigenvalue weighted by molar-refractivity contribution is 6.28. The van der Waals surface area contributed by atoms with Crippen molar-refractivity contribution in [2.24, 2.45) is 22.7 Å². The third-order valence-corrected chi connectivity index (χ3v) is 8.60. The molecule has 0 aromatic heterocycles. The highest BCUT2D eigenvalue weighted by atomic mass is 16.7. The maximum atomic E-state index is 14.6. The van der Waals surface area contributed by atoms with Crippen LogP contribution in [0, 0.1) is 22.7 Å². The number of benzene rings is 2. The van der Waals surface area contributed by atoms with E-state index in [1.165, 1.54) is 24.3 Å². The van der Waals surface area contributed by atoms with Crippen molar-refractivity contribution in [3.05, 3.63) is 70.8 Å². The van der Waals surface area contributed by atoms with Crippen LogP contribution in [0.2, 0.25) is 0 Å². The number of aliphatic hydroxyl groups is 2. The number of rotatable bonds is 6. The average molecular weight is 505 g/mol. The largest absolute Gasteiger partial charge is 0.358 e. The lowest BCUT2D eigenvalue weighted by molar-refractivity contribution is -0.261. The molecule has 37 heavy (non-hydrogen) atoms. The summed E-state index contributed by atoms with van der Waals surface area (Å²) < 4.78 is 5.87. The SMILES string of the molecule is CC(C)CC[C@]12C(=O)c3ccccc3C(=O)[C@@]1(O)O[C@]1(O)C(=O)c3ccccc3C(=O)[C@]21CCC(C)C. The lowest BCUT2D eigenvalue weighted by atomic mass is 9.45. The molecule has 0 amide bonds. The first-order chi connectivity index (χ1) is 17.4. The smallest absolute Gasteiger partial charge is 0.248 e. The summed E-state index contributed by atoms with van der Waals surface area (Å²) >= 11 is 0. The van der Waals surface area contributed by atoms with Crippen LogP contribution >= 0.6 is 0 Å². The highest BCUT2D eigenvalue weighted by Crippen LogP contribution is 2.71. The molecule has 3 aliphatic rings. The van der Waals surface area contributed by atoms with E-state index in [-0.39, 0.29) is 46.9 Å². The highest BCUT2D eigenvalue weighted by Gasteiger charge is 2.89. The normalized spacial score (nSPS) is 32.4. The molecule has 0 saturated carbocycles. The molecule has 2 N–H and O–H groups in total. The first kappa shape index (κ1) is 25.6. The Hall–Kier alpha value is -3.00. The van der Waals surface area contributed by atoms with Gasteiger partial charge in [0, 0.05) is 22.3 Å². The van der Waals surface area contributed by atoms with Gasteiger partial charge in [0.15, 0.2) is 11.6 Å². The fourth-order valence-corrected chi connectivity index (χ4v) is 6.73. The first-order valence-corrected chi connectivity index (χ1v) is 12.9. The molecule has 0 bridgehead atoms. The molecular weight excluding hydrogens is 472 g/mol. The minimum atomic E-state index is -2.91. The van der Waals surface area contributed by atoms with Gasteiger partial charge >= 0.3 is 0 Å². The predicted octanol–water partition coefficient (Wildman–Crippen LogP) is 4.40. The standard InChI is InChI=1S/C30H32O7/c1-17(2)13-15-27-23(31)19-9-5-7-11-21(19)25(33)29(27,35)37-30(36)26(34)22-12-8-6-10-20(22)24(32)28(27,30)16-14-18(3)4/h5-12,17-18,35-36H,13-16H2,1-4H3/t27-,28-,29-,30-/m1/s1. The molecule has 7 heteroatoms. The molecule has 4 atom stereocenters. The third-order valence-electron chi connectivity index (χ3n) is 8.60. The minimum Gasteiger partial charge on any atom is -0.358 e. The van der Waals surface area contributed by atoms with Gasteiger partial charge in [0.05, 0.1) is 0 Å². The Balaban J connectivity index is 1.92. The van der Waals surface area contributed by atoms with E-state index in [1.54, 1.807) is 24.3 Å². The number of carbonyl (C=O) groups is 4. The van der Waals surface area contributed by atoms with Crippen molar-refractivity contribution in [1.82, 2.24) is 0 Å². The molecule has 194 valence electrons. The third kappa shape index (κ3) is 2.93. The summed E-state index contributed by atoms with van der Waals surface area (Å²) in [6, 6.07) is 12.1. The minimum absolute atomic E-state index is 0.0243. The maximum Gasteiger partial charge on any atom is 0.248 e. The van der Waals surface area contributed by atoms with Gasteiger partial charge in [0.1, 0.15) is 10.8 Å². The van der Waals surface area contributed by atoms with Crippen LogP contribution in [0.3, 0.4) is 0 Å². The van der Waals surface area contributed by atoms with Crippen LogP contribution in [0.5, 0.6) is 0 Å². The number of carbonyl (C=O) groups excluding carboxylic acids is 4. The van der Waals surface area contributed by atoms with Crippen LogP contribution in [-0.4, -0.2) is 44.9 Å². The molecule has 5 rings (SSSR count). The second-order valence-electron chi connectivity index (χ2n) is 11.5. The molecule has 1 heterocycles. The van der Waals surface area contributed by atoms with Gasteiger partial charge in [-0.3, -0.25) is 19.2 Å². The number of fused-ring (bicyclic) bond motifs is 5. The maximum absolute atomic E-state index is 14.6. The summed E-state index contributed by atoms with van der Waals surface area (Å²) in [5.41, 5.74) is -4.43. The van der Waals surface area contributed by atoms with Crippen molar-refractivity contribution in [3.8, 4) is 0 Å². The molecule has 0 unspecified atom stereocenters. The molecule has 2 aromatic rings. The van der Waals surface area contributed by atoms with E-state index in [1.807, 2.05) is 27.7 Å². The number of Topliss-reactive ketones (excluding diaryl/α,β-unsaturated/α-hetero) is 4. The van der Waals surface area contributed by atoms with Crippen molar-refractivity contribution in [2.75, 3.05) is 0 Å². The van der Waals surface area contributed by atoms with Gasteiger partial charge in [-0.15, -0.1) is 0 Å². The van der Waals surface area contributed by atoms with E-state index in [0.29, 0.717) is 12.8 Å². The number of hydrogen-bond donors (Lipinski definition) is 2. The van der Waals surface area contributed by atoms with E-state index in [9.17, 15) is 29.4 Å². The van der Waals surface area contributed by atoms with Crippen LogP contribution in [0.25, 0.3) is 0 Å². The monoisotopic (exact) mass is 504 g/mol. The summed E-state index contributed by atoms with van der Waals surface area (Å²) in [5.74, 6) is -8.95. The van der Waals surface area contributed by atoms with Gasteiger partial charge in [-0.1, -0.05) is 76.2 Å². The number of ketones is 4. The quantitative estimate of drug-likeness (QED) is 0.599. The Morgan fingerprint density at radius 1 is 0.595 bits per heavy atom. The van der Waals surface area contributed by atoms with Gasteiger partial charge in [-0.05, 0) is 37.5 Å². The molecule has 1 aliphatic heterocycles. The first-order valence-electron chi connectivity index (χ1n) is 12.9. The van der Waals surface area contributed by atoms with Crippen molar-refractivity contribution >= 4 is 23.1 Å². The second kappa shape index (κ2) is 8.25. The Kier molecular flexibility index (Phi) is 5.72. The number of hydrogen-bond acceptors (Lipinski definition) is 7. The average Bonchev–Trinajstić information content (AvgIpc) is 3.06.